The van der Waals surface area contributed by atoms with Crippen molar-refractivity contribution in [1.29, 1.82) is 0 Å². The third kappa shape index (κ3) is 4.38. The summed E-state index contributed by atoms with van der Waals surface area (Å²) in [6.45, 7) is 0.825. The van der Waals surface area contributed by atoms with Crippen LogP contribution in [0, 0.1) is 0 Å². The SMILES string of the molecule is COc1cc(C(=O)N2CC[C@@H](F)C2)cc(NC(=O)CCn2cnnc2)c1OC. The van der Waals surface area contributed by atoms with Gasteiger partial charge in [0.05, 0.1) is 26.5 Å². The van der Waals surface area contributed by atoms with Crippen molar-refractivity contribution in [2.24, 2.45) is 0 Å². The molecular weight excluding hydrogens is 369 g/mol. The number of halogens is 1. The largest absolute Gasteiger partial charge is 0.493 e. The molecule has 1 saturated heterocycles. The molecule has 1 aliphatic heterocycles. The van der Waals surface area contributed by atoms with Crippen LogP contribution in [0.25, 0.3) is 0 Å². The molecule has 0 spiro atoms. The summed E-state index contributed by atoms with van der Waals surface area (Å²) in [5.74, 6) is 0.0182. The number of aromatic nitrogens is 3. The number of nitrogens with zero attached hydrogens (tertiary/aromatic N) is 4. The predicted molar refractivity (Wildman–Crippen MR) is 98.2 cm³/mol. The van der Waals surface area contributed by atoms with E-state index in [-0.39, 0.29) is 24.8 Å². The van der Waals surface area contributed by atoms with Crippen LogP contribution in [0.15, 0.2) is 24.8 Å². The zero-order chi connectivity index (χ0) is 20.1. The standard InChI is InChI=1S/C18H22FN5O4/c1-27-15-8-12(18(26)24-6-3-13(19)9-24)7-14(17(15)28-2)22-16(25)4-5-23-10-20-21-11-23/h7-8,10-11,13H,3-6,9H2,1-2H3,(H,22,25)/t13-/m1/s1. The third-order valence-corrected chi connectivity index (χ3v) is 4.48. The zero-order valence-corrected chi connectivity index (χ0v) is 15.7. The van der Waals surface area contributed by atoms with Crippen LogP contribution in [0.3, 0.4) is 0 Å². The topological polar surface area (TPSA) is 98.6 Å². The molecule has 28 heavy (non-hydrogen) atoms. The molecule has 0 aliphatic carbocycles. The number of ether oxygens (including phenoxy) is 2. The van der Waals surface area contributed by atoms with E-state index in [2.05, 4.69) is 15.5 Å². The molecule has 0 unspecified atom stereocenters. The number of amides is 2. The minimum absolute atomic E-state index is 0.0633. The molecule has 1 aliphatic rings. The summed E-state index contributed by atoms with van der Waals surface area (Å²) < 4.78 is 25.8. The highest BCUT2D eigenvalue weighted by Crippen LogP contribution is 2.37. The van der Waals surface area contributed by atoms with Crippen LogP contribution in [0.1, 0.15) is 23.2 Å². The van der Waals surface area contributed by atoms with Crippen molar-refractivity contribution in [1.82, 2.24) is 19.7 Å². The van der Waals surface area contributed by atoms with E-state index in [1.165, 1.54) is 43.9 Å². The van der Waals surface area contributed by atoms with Crippen molar-refractivity contribution in [3.63, 3.8) is 0 Å². The van der Waals surface area contributed by atoms with Crippen LogP contribution in [-0.4, -0.2) is 65.0 Å². The molecule has 3 rings (SSSR count). The number of rotatable bonds is 7. The van der Waals surface area contributed by atoms with E-state index in [4.69, 9.17) is 9.47 Å². The number of alkyl halides is 1. The predicted octanol–water partition coefficient (Wildman–Crippen LogP) is 1.51. The summed E-state index contributed by atoms with van der Waals surface area (Å²) in [7, 11) is 2.89. The van der Waals surface area contributed by atoms with E-state index in [1.807, 2.05) is 0 Å². The maximum atomic E-state index is 13.5. The number of aryl methyl sites for hydroxylation is 1. The summed E-state index contributed by atoms with van der Waals surface area (Å²) in [6, 6.07) is 3.05. The van der Waals surface area contributed by atoms with Gasteiger partial charge >= 0.3 is 0 Å². The lowest BCUT2D eigenvalue weighted by atomic mass is 10.1. The first-order valence-electron chi connectivity index (χ1n) is 8.83. The second-order valence-electron chi connectivity index (χ2n) is 6.39. The lowest BCUT2D eigenvalue weighted by Gasteiger charge is -2.19. The average Bonchev–Trinajstić information content (AvgIpc) is 3.36. The van der Waals surface area contributed by atoms with Crippen molar-refractivity contribution < 1.29 is 23.5 Å². The van der Waals surface area contributed by atoms with Gasteiger partial charge in [-0.05, 0) is 18.6 Å². The molecule has 1 aromatic heterocycles. The van der Waals surface area contributed by atoms with E-state index in [0.717, 1.165) is 0 Å². The Morgan fingerprint density at radius 1 is 1.25 bits per heavy atom. The van der Waals surface area contributed by atoms with Gasteiger partial charge in [0.2, 0.25) is 5.91 Å². The molecule has 2 amide bonds. The summed E-state index contributed by atoms with van der Waals surface area (Å²) in [5.41, 5.74) is 0.607. The van der Waals surface area contributed by atoms with Gasteiger partial charge in [0, 0.05) is 25.1 Å². The van der Waals surface area contributed by atoms with Crippen LogP contribution in [0.4, 0.5) is 10.1 Å². The molecule has 1 aromatic carbocycles. The lowest BCUT2D eigenvalue weighted by Crippen LogP contribution is -2.29. The molecule has 1 atom stereocenters. The van der Waals surface area contributed by atoms with Crippen LogP contribution in [0.5, 0.6) is 11.5 Å². The summed E-state index contributed by atoms with van der Waals surface area (Å²) in [5, 5.41) is 10.1. The summed E-state index contributed by atoms with van der Waals surface area (Å²) >= 11 is 0. The first-order chi connectivity index (χ1) is 13.5. The monoisotopic (exact) mass is 391 g/mol. The molecule has 1 N–H and O–H groups in total. The van der Waals surface area contributed by atoms with Gasteiger partial charge in [-0.15, -0.1) is 10.2 Å². The van der Waals surface area contributed by atoms with Crippen molar-refractivity contribution in [3.05, 3.63) is 30.4 Å². The molecule has 0 bridgehead atoms. The first-order valence-corrected chi connectivity index (χ1v) is 8.83. The van der Waals surface area contributed by atoms with Crippen molar-refractivity contribution in [2.45, 2.75) is 25.6 Å². The molecular formula is C18H22FN5O4. The van der Waals surface area contributed by atoms with Gasteiger partial charge in [0.1, 0.15) is 18.8 Å². The number of methoxy groups -OCH3 is 2. The lowest BCUT2D eigenvalue weighted by molar-refractivity contribution is -0.116. The maximum Gasteiger partial charge on any atom is 0.254 e. The van der Waals surface area contributed by atoms with Gasteiger partial charge < -0.3 is 24.3 Å². The zero-order valence-electron chi connectivity index (χ0n) is 15.7. The molecule has 10 heteroatoms. The van der Waals surface area contributed by atoms with Crippen LogP contribution in [0.2, 0.25) is 0 Å². The van der Waals surface area contributed by atoms with E-state index in [9.17, 15) is 14.0 Å². The third-order valence-electron chi connectivity index (χ3n) is 4.48. The maximum absolute atomic E-state index is 13.5. The van der Waals surface area contributed by atoms with Gasteiger partial charge in [-0.25, -0.2) is 4.39 Å². The minimum atomic E-state index is -1.01. The Kier molecular flexibility index (Phi) is 6.07. The van der Waals surface area contributed by atoms with Crippen LogP contribution in [-0.2, 0) is 11.3 Å². The van der Waals surface area contributed by atoms with Gasteiger partial charge in [0.25, 0.3) is 5.91 Å². The van der Waals surface area contributed by atoms with E-state index in [1.54, 1.807) is 4.57 Å². The minimum Gasteiger partial charge on any atom is -0.493 e. The fourth-order valence-electron chi connectivity index (χ4n) is 3.05. The van der Waals surface area contributed by atoms with E-state index < -0.39 is 6.17 Å². The number of likely N-dealkylation sites (tertiary alicyclic amines) is 1. The Labute approximate surface area is 161 Å². The van der Waals surface area contributed by atoms with Gasteiger partial charge in [-0.2, -0.15) is 0 Å². The first kappa shape index (κ1) is 19.6. The molecule has 150 valence electrons. The number of hydrogen-bond acceptors (Lipinski definition) is 6. The number of carbonyl (C=O) groups excluding carboxylic acids is 2. The second kappa shape index (κ2) is 8.68. The normalized spacial score (nSPS) is 16.1. The van der Waals surface area contributed by atoms with Crippen molar-refractivity contribution >= 4 is 17.5 Å². The van der Waals surface area contributed by atoms with Gasteiger partial charge in [-0.1, -0.05) is 0 Å². The van der Waals surface area contributed by atoms with Crippen molar-refractivity contribution in [2.75, 3.05) is 32.6 Å². The summed E-state index contributed by atoms with van der Waals surface area (Å²) in [4.78, 5) is 26.5. The Balaban J connectivity index is 1.79. The highest BCUT2D eigenvalue weighted by atomic mass is 19.1. The fraction of sp³-hybridized carbons (Fsp3) is 0.444. The molecule has 2 heterocycles. The number of hydrogen-bond donors (Lipinski definition) is 1. The number of benzene rings is 1. The van der Waals surface area contributed by atoms with Crippen LogP contribution < -0.4 is 14.8 Å². The number of carbonyl (C=O) groups is 2. The highest BCUT2D eigenvalue weighted by molar-refractivity contribution is 5.99. The second-order valence-corrected chi connectivity index (χ2v) is 6.39. The van der Waals surface area contributed by atoms with Gasteiger partial charge in [-0.3, -0.25) is 9.59 Å². The Morgan fingerprint density at radius 2 is 2.00 bits per heavy atom. The molecule has 9 nitrogen and oxygen atoms in total. The molecule has 2 aromatic rings. The molecule has 0 radical (unpaired) electrons. The Bertz CT molecular complexity index is 843. The van der Waals surface area contributed by atoms with Gasteiger partial charge in [0.15, 0.2) is 11.5 Å². The molecule has 1 fully saturated rings. The smallest absolute Gasteiger partial charge is 0.254 e. The number of nitrogens with one attached hydrogen (secondary N) is 1. The quantitative estimate of drug-likeness (QED) is 0.768. The number of anilines is 1. The molecule has 0 saturated carbocycles. The Hall–Kier alpha value is -3.17. The van der Waals surface area contributed by atoms with E-state index in [0.29, 0.717) is 42.3 Å². The summed E-state index contributed by atoms with van der Waals surface area (Å²) in [6.07, 6.45) is 2.53. The highest BCUT2D eigenvalue weighted by Gasteiger charge is 2.28. The average molecular weight is 391 g/mol. The van der Waals surface area contributed by atoms with Crippen molar-refractivity contribution in [3.8, 4) is 11.5 Å². The fourth-order valence-corrected chi connectivity index (χ4v) is 3.05. The Morgan fingerprint density at radius 3 is 2.61 bits per heavy atom. The van der Waals surface area contributed by atoms with E-state index >= 15 is 0 Å². The van der Waals surface area contributed by atoms with Crippen LogP contribution >= 0.6 is 0 Å².